The molecule has 9 heteroatoms. The minimum Gasteiger partial charge on any atom is -0.497 e. The second kappa shape index (κ2) is 9.91. The average Bonchev–Trinajstić information content (AvgIpc) is 2.84. The van der Waals surface area contributed by atoms with Crippen LogP contribution in [0, 0.1) is 5.82 Å². The first kappa shape index (κ1) is 22.6. The lowest BCUT2D eigenvalue weighted by Gasteiger charge is -2.38. The van der Waals surface area contributed by atoms with Crippen LogP contribution in [-0.4, -0.2) is 63.8 Å². The van der Waals surface area contributed by atoms with Crippen molar-refractivity contribution >= 4 is 17.7 Å². The van der Waals surface area contributed by atoms with E-state index in [-0.39, 0.29) is 11.8 Å². The van der Waals surface area contributed by atoms with E-state index in [9.17, 15) is 14.0 Å². The Hall–Kier alpha value is -3.59. The number of anilines is 1. The zero-order valence-electron chi connectivity index (χ0n) is 18.6. The number of rotatable bonds is 6. The molecule has 2 N–H and O–H groups in total. The number of methoxy groups -OCH3 is 2. The molecular formula is C24H27FN4O4. The summed E-state index contributed by atoms with van der Waals surface area (Å²) in [5.74, 6) is -0.0755. The Bertz CT molecular complexity index is 1050. The van der Waals surface area contributed by atoms with Crippen molar-refractivity contribution in [2.75, 3.05) is 51.8 Å². The molecule has 1 atom stereocenters. The van der Waals surface area contributed by atoms with Crippen LogP contribution in [0.4, 0.5) is 14.9 Å². The Morgan fingerprint density at radius 1 is 1.06 bits per heavy atom. The molecule has 0 spiro atoms. The van der Waals surface area contributed by atoms with Crippen molar-refractivity contribution in [1.82, 2.24) is 15.5 Å². The lowest BCUT2D eigenvalue weighted by molar-refractivity contribution is -0.136. The van der Waals surface area contributed by atoms with Crippen LogP contribution in [0.3, 0.4) is 0 Å². The van der Waals surface area contributed by atoms with Gasteiger partial charge in [0.25, 0.3) is 0 Å². The molecule has 1 fully saturated rings. The Morgan fingerprint density at radius 3 is 2.39 bits per heavy atom. The number of ether oxygens (including phenoxy) is 2. The molecule has 0 radical (unpaired) electrons. The summed E-state index contributed by atoms with van der Waals surface area (Å²) < 4.78 is 24.4. The number of para-hydroxylation sites is 1. The number of nitrogens with one attached hydrogen (secondary N) is 2. The number of carbonyl (C=O) groups excluding carboxylic acids is 2. The van der Waals surface area contributed by atoms with Crippen LogP contribution in [0.5, 0.6) is 5.75 Å². The maximum atomic E-state index is 14.1. The third kappa shape index (κ3) is 4.93. The van der Waals surface area contributed by atoms with Gasteiger partial charge in [0.05, 0.1) is 31.5 Å². The number of hydrogen-bond acceptors (Lipinski definition) is 6. The maximum absolute atomic E-state index is 14.1. The Kier molecular flexibility index (Phi) is 6.79. The van der Waals surface area contributed by atoms with Gasteiger partial charge in [0.2, 0.25) is 0 Å². The van der Waals surface area contributed by atoms with E-state index < -0.39 is 12.0 Å². The predicted octanol–water partition coefficient (Wildman–Crippen LogP) is 2.44. The summed E-state index contributed by atoms with van der Waals surface area (Å²) in [6.45, 7) is 2.95. The molecule has 8 nitrogen and oxygen atoms in total. The lowest BCUT2D eigenvalue weighted by atomic mass is 9.95. The van der Waals surface area contributed by atoms with Gasteiger partial charge in [-0.2, -0.15) is 0 Å². The number of hydrogen-bond donors (Lipinski definition) is 2. The highest BCUT2D eigenvalue weighted by Gasteiger charge is 2.34. The SMILES string of the molecule is COC(=O)C1=C(CN2CCN(c3ccccc3F)CC2)NC(=O)N[C@@H]1c1ccc(OC)cc1. The minimum absolute atomic E-state index is 0.241. The molecule has 4 rings (SSSR count). The fourth-order valence-corrected chi connectivity index (χ4v) is 4.22. The average molecular weight is 455 g/mol. The smallest absolute Gasteiger partial charge is 0.338 e. The van der Waals surface area contributed by atoms with Crippen molar-refractivity contribution in [2.24, 2.45) is 0 Å². The molecule has 0 saturated carbocycles. The van der Waals surface area contributed by atoms with Gasteiger partial charge in [-0.15, -0.1) is 0 Å². The lowest BCUT2D eigenvalue weighted by Crippen LogP contribution is -2.51. The summed E-state index contributed by atoms with van der Waals surface area (Å²) in [4.78, 5) is 29.3. The Morgan fingerprint density at radius 2 is 1.76 bits per heavy atom. The highest BCUT2D eigenvalue weighted by atomic mass is 19.1. The second-order valence-electron chi connectivity index (χ2n) is 7.90. The van der Waals surface area contributed by atoms with Crippen LogP contribution in [0.15, 0.2) is 59.8 Å². The highest BCUT2D eigenvalue weighted by Crippen LogP contribution is 2.29. The topological polar surface area (TPSA) is 83.1 Å². The second-order valence-corrected chi connectivity index (χ2v) is 7.90. The molecule has 2 aromatic carbocycles. The summed E-state index contributed by atoms with van der Waals surface area (Å²) in [5, 5.41) is 5.61. The molecule has 0 bridgehead atoms. The zero-order valence-corrected chi connectivity index (χ0v) is 18.6. The maximum Gasteiger partial charge on any atom is 0.338 e. The highest BCUT2D eigenvalue weighted by molar-refractivity contribution is 5.95. The van der Waals surface area contributed by atoms with Gasteiger partial charge in [0, 0.05) is 38.4 Å². The Balaban J connectivity index is 1.54. The third-order valence-corrected chi connectivity index (χ3v) is 5.96. The monoisotopic (exact) mass is 454 g/mol. The number of esters is 1. The largest absolute Gasteiger partial charge is 0.497 e. The van der Waals surface area contributed by atoms with E-state index in [1.54, 1.807) is 31.4 Å². The number of halogens is 1. The molecule has 174 valence electrons. The Labute approximate surface area is 192 Å². The zero-order chi connectivity index (χ0) is 23.4. The van der Waals surface area contributed by atoms with Crippen molar-refractivity contribution in [3.8, 4) is 5.75 Å². The van der Waals surface area contributed by atoms with Crippen LogP contribution >= 0.6 is 0 Å². The molecule has 2 aliphatic heterocycles. The molecule has 0 unspecified atom stereocenters. The third-order valence-electron chi connectivity index (χ3n) is 5.96. The van der Waals surface area contributed by atoms with Crippen molar-refractivity contribution in [2.45, 2.75) is 6.04 Å². The van der Waals surface area contributed by atoms with Crippen molar-refractivity contribution < 1.29 is 23.5 Å². The fraction of sp³-hybridized carbons (Fsp3) is 0.333. The van der Waals surface area contributed by atoms with Gasteiger partial charge in [-0.3, -0.25) is 4.90 Å². The molecule has 0 aliphatic carbocycles. The molecule has 2 aromatic rings. The van der Waals surface area contributed by atoms with Crippen LogP contribution in [0.25, 0.3) is 0 Å². The van der Waals surface area contributed by atoms with E-state index >= 15 is 0 Å². The van der Waals surface area contributed by atoms with Gasteiger partial charge in [0.15, 0.2) is 0 Å². The first-order valence-corrected chi connectivity index (χ1v) is 10.7. The van der Waals surface area contributed by atoms with E-state index in [0.29, 0.717) is 55.4 Å². The van der Waals surface area contributed by atoms with Gasteiger partial charge >= 0.3 is 12.0 Å². The van der Waals surface area contributed by atoms with E-state index in [1.165, 1.54) is 13.2 Å². The van der Waals surface area contributed by atoms with Gasteiger partial charge in [-0.25, -0.2) is 14.0 Å². The quantitative estimate of drug-likeness (QED) is 0.653. The normalized spacial score (nSPS) is 19.1. The van der Waals surface area contributed by atoms with Crippen molar-refractivity contribution in [3.05, 3.63) is 71.2 Å². The van der Waals surface area contributed by atoms with Gasteiger partial charge in [0.1, 0.15) is 11.6 Å². The summed E-state index contributed by atoms with van der Waals surface area (Å²) in [7, 11) is 2.90. The molecule has 33 heavy (non-hydrogen) atoms. The summed E-state index contributed by atoms with van der Waals surface area (Å²) in [5.41, 5.74) is 2.19. The number of carbonyl (C=O) groups is 2. The number of piperazine rings is 1. The van der Waals surface area contributed by atoms with Crippen LogP contribution in [0.2, 0.25) is 0 Å². The van der Waals surface area contributed by atoms with E-state index in [4.69, 9.17) is 9.47 Å². The number of urea groups is 1. The fourth-order valence-electron chi connectivity index (χ4n) is 4.22. The molecule has 0 aromatic heterocycles. The van der Waals surface area contributed by atoms with Gasteiger partial charge in [-0.1, -0.05) is 24.3 Å². The van der Waals surface area contributed by atoms with E-state index in [2.05, 4.69) is 15.5 Å². The number of amides is 2. The van der Waals surface area contributed by atoms with Crippen molar-refractivity contribution in [3.63, 3.8) is 0 Å². The standard InChI is InChI=1S/C24H27FN4O4/c1-32-17-9-7-16(8-10-17)22-21(23(30)33-2)19(26-24(31)27-22)15-28-11-13-29(14-12-28)20-6-4-3-5-18(20)25/h3-10,22H,11-15H2,1-2H3,(H2,26,27,31)/t22-/m1/s1. The van der Waals surface area contributed by atoms with Crippen molar-refractivity contribution in [1.29, 1.82) is 0 Å². The molecular weight excluding hydrogens is 427 g/mol. The number of benzene rings is 2. The van der Waals surface area contributed by atoms with E-state index in [1.807, 2.05) is 23.1 Å². The molecule has 2 aliphatic rings. The van der Waals surface area contributed by atoms with Crippen LogP contribution < -0.4 is 20.3 Å². The summed E-state index contributed by atoms with van der Waals surface area (Å²) in [6.07, 6.45) is 0. The predicted molar refractivity (Wildman–Crippen MR) is 121 cm³/mol. The van der Waals surface area contributed by atoms with Gasteiger partial charge < -0.3 is 25.0 Å². The van der Waals surface area contributed by atoms with Crippen LogP contribution in [-0.2, 0) is 9.53 Å². The molecule has 2 amide bonds. The van der Waals surface area contributed by atoms with Crippen LogP contribution in [0.1, 0.15) is 11.6 Å². The summed E-state index contributed by atoms with van der Waals surface area (Å²) in [6, 6.07) is 12.9. The molecule has 1 saturated heterocycles. The minimum atomic E-state index is -0.646. The molecule has 2 heterocycles. The first-order valence-electron chi connectivity index (χ1n) is 10.7. The number of nitrogens with zero attached hydrogens (tertiary/aromatic N) is 2. The van der Waals surface area contributed by atoms with E-state index in [0.717, 1.165) is 5.56 Å². The summed E-state index contributed by atoms with van der Waals surface area (Å²) >= 11 is 0. The first-order chi connectivity index (χ1) is 16.0. The van der Waals surface area contributed by atoms with Gasteiger partial charge in [-0.05, 0) is 29.8 Å².